The van der Waals surface area contributed by atoms with Gasteiger partial charge in [0.2, 0.25) is 0 Å². The summed E-state index contributed by atoms with van der Waals surface area (Å²) in [5, 5.41) is 0. The maximum atomic E-state index is 6.90. The molecule has 0 atom stereocenters. The van der Waals surface area contributed by atoms with Crippen LogP contribution < -0.4 is 9.47 Å². The van der Waals surface area contributed by atoms with Crippen LogP contribution in [0.2, 0.25) is 0 Å². The molecule has 4 aliphatic rings. The zero-order chi connectivity index (χ0) is 16.9. The largest absolute Gasteiger partial charge is 0.493 e. The van der Waals surface area contributed by atoms with Crippen LogP contribution in [0.4, 0.5) is 0 Å². The van der Waals surface area contributed by atoms with Crippen LogP contribution in [0, 0.1) is 29.6 Å². The van der Waals surface area contributed by atoms with Crippen LogP contribution in [0.5, 0.6) is 11.5 Å². The van der Waals surface area contributed by atoms with E-state index in [2.05, 4.69) is 32.6 Å². The molecule has 0 spiro atoms. The normalized spacial score (nSPS) is 36.8. The first-order valence-electron chi connectivity index (χ1n) is 9.56. The van der Waals surface area contributed by atoms with Crippen LogP contribution in [0.1, 0.15) is 51.5 Å². The molecular formula is C22H30O2. The second kappa shape index (κ2) is 5.82. The highest BCUT2D eigenvalue weighted by Crippen LogP contribution is 2.62. The summed E-state index contributed by atoms with van der Waals surface area (Å²) in [6.07, 6.45) is 8.76. The molecule has 0 radical (unpaired) electrons. The summed E-state index contributed by atoms with van der Waals surface area (Å²) in [6.45, 7) is 8.56. The number of rotatable bonds is 5. The number of methoxy groups -OCH3 is 1. The van der Waals surface area contributed by atoms with Crippen molar-refractivity contribution in [1.82, 2.24) is 0 Å². The van der Waals surface area contributed by atoms with Crippen molar-refractivity contribution in [2.24, 2.45) is 29.6 Å². The third-order valence-corrected chi connectivity index (χ3v) is 7.03. The van der Waals surface area contributed by atoms with Crippen molar-refractivity contribution in [2.75, 3.05) is 7.11 Å². The summed E-state index contributed by atoms with van der Waals surface area (Å²) in [7, 11) is 1.73. The van der Waals surface area contributed by atoms with Gasteiger partial charge in [0.1, 0.15) is 5.60 Å². The molecule has 0 saturated heterocycles. The molecule has 0 unspecified atom stereocenters. The van der Waals surface area contributed by atoms with Crippen molar-refractivity contribution in [1.29, 1.82) is 0 Å². The van der Waals surface area contributed by atoms with Crippen molar-refractivity contribution in [3.63, 3.8) is 0 Å². The summed E-state index contributed by atoms with van der Waals surface area (Å²) in [5.74, 6) is 5.58. The lowest BCUT2D eigenvalue weighted by molar-refractivity contribution is -0.179. The highest BCUT2D eigenvalue weighted by molar-refractivity contribution is 5.54. The van der Waals surface area contributed by atoms with Gasteiger partial charge in [-0.1, -0.05) is 32.6 Å². The Labute approximate surface area is 146 Å². The zero-order valence-electron chi connectivity index (χ0n) is 15.3. The average molecular weight is 326 g/mol. The number of benzene rings is 1. The van der Waals surface area contributed by atoms with E-state index in [0.29, 0.717) is 17.8 Å². The molecule has 1 aromatic rings. The molecule has 0 aromatic heterocycles. The Bertz CT molecular complexity index is 603. The fourth-order valence-corrected chi connectivity index (χ4v) is 6.23. The summed E-state index contributed by atoms with van der Waals surface area (Å²) in [4.78, 5) is 0. The van der Waals surface area contributed by atoms with Gasteiger partial charge in [-0.25, -0.2) is 0 Å². The van der Waals surface area contributed by atoms with Crippen LogP contribution in [0.3, 0.4) is 0 Å². The third-order valence-electron chi connectivity index (χ3n) is 7.03. The Morgan fingerprint density at radius 3 is 2.17 bits per heavy atom. The molecule has 1 aromatic carbocycles. The van der Waals surface area contributed by atoms with Crippen LogP contribution in [-0.4, -0.2) is 12.7 Å². The standard InChI is InChI=1S/C22H30O2/c1-5-15-6-7-20(21(13-15)23-4)24-22(14(2)3)18-9-16-8-17(11-18)12-19(22)10-16/h5-7,13-14,16-19H,1,8-12H2,2-4H3. The van der Waals surface area contributed by atoms with Crippen molar-refractivity contribution >= 4 is 6.08 Å². The molecular weight excluding hydrogens is 296 g/mol. The quantitative estimate of drug-likeness (QED) is 0.704. The predicted octanol–water partition coefficient (Wildman–Crippen LogP) is 5.57. The molecule has 130 valence electrons. The topological polar surface area (TPSA) is 18.5 Å². The molecule has 0 heterocycles. The van der Waals surface area contributed by atoms with Gasteiger partial charge >= 0.3 is 0 Å². The second-order valence-corrected chi connectivity index (χ2v) is 8.53. The fraction of sp³-hybridized carbons (Fsp3) is 0.636. The van der Waals surface area contributed by atoms with Gasteiger partial charge in [-0.3, -0.25) is 0 Å². The molecule has 0 aliphatic heterocycles. The summed E-state index contributed by atoms with van der Waals surface area (Å²) >= 11 is 0. The van der Waals surface area contributed by atoms with Crippen LogP contribution in [0.15, 0.2) is 24.8 Å². The van der Waals surface area contributed by atoms with Gasteiger partial charge in [0.25, 0.3) is 0 Å². The zero-order valence-corrected chi connectivity index (χ0v) is 15.3. The molecule has 24 heavy (non-hydrogen) atoms. The van der Waals surface area contributed by atoms with E-state index in [-0.39, 0.29) is 5.60 Å². The van der Waals surface area contributed by atoms with Gasteiger partial charge in [0, 0.05) is 0 Å². The number of hydrogen-bond acceptors (Lipinski definition) is 2. The van der Waals surface area contributed by atoms with Crippen molar-refractivity contribution in [3.8, 4) is 11.5 Å². The SMILES string of the molecule is C=Cc1ccc(OC2(C(C)C)C3CC4CC(C3)CC2C4)c(OC)c1. The molecule has 4 fully saturated rings. The third kappa shape index (κ3) is 2.29. The van der Waals surface area contributed by atoms with E-state index in [0.717, 1.165) is 28.9 Å². The predicted molar refractivity (Wildman–Crippen MR) is 98.3 cm³/mol. The molecule has 5 rings (SSSR count). The van der Waals surface area contributed by atoms with E-state index in [1.807, 2.05) is 12.1 Å². The maximum absolute atomic E-state index is 6.90. The smallest absolute Gasteiger partial charge is 0.162 e. The van der Waals surface area contributed by atoms with Crippen molar-refractivity contribution in [3.05, 3.63) is 30.3 Å². The molecule has 0 N–H and O–H groups in total. The summed E-state index contributed by atoms with van der Waals surface area (Å²) in [5.41, 5.74) is 1.05. The average Bonchev–Trinajstić information content (AvgIpc) is 2.57. The Kier molecular flexibility index (Phi) is 3.89. The van der Waals surface area contributed by atoms with E-state index in [4.69, 9.17) is 9.47 Å². The Morgan fingerprint density at radius 1 is 1.04 bits per heavy atom. The van der Waals surface area contributed by atoms with Gasteiger partial charge in [0.15, 0.2) is 11.5 Å². The van der Waals surface area contributed by atoms with Gasteiger partial charge in [-0.05, 0) is 79.4 Å². The molecule has 0 amide bonds. The first-order chi connectivity index (χ1) is 11.6. The van der Waals surface area contributed by atoms with Gasteiger partial charge in [-0.15, -0.1) is 0 Å². The Morgan fingerprint density at radius 2 is 1.67 bits per heavy atom. The minimum Gasteiger partial charge on any atom is -0.493 e. The van der Waals surface area contributed by atoms with Crippen LogP contribution in [0.25, 0.3) is 6.08 Å². The first kappa shape index (κ1) is 16.1. The van der Waals surface area contributed by atoms with Gasteiger partial charge in [-0.2, -0.15) is 0 Å². The molecule has 2 heteroatoms. The Hall–Kier alpha value is -1.44. The fourth-order valence-electron chi connectivity index (χ4n) is 6.23. The molecule has 4 bridgehead atoms. The number of hydrogen-bond donors (Lipinski definition) is 0. The van der Waals surface area contributed by atoms with E-state index in [9.17, 15) is 0 Å². The van der Waals surface area contributed by atoms with Gasteiger partial charge in [0.05, 0.1) is 7.11 Å². The summed E-state index contributed by atoms with van der Waals surface area (Å²) < 4.78 is 12.5. The molecule has 4 saturated carbocycles. The van der Waals surface area contributed by atoms with Crippen LogP contribution in [-0.2, 0) is 0 Å². The highest BCUT2D eigenvalue weighted by Gasteiger charge is 2.60. The molecule has 2 nitrogen and oxygen atoms in total. The molecule has 4 aliphatic carbocycles. The first-order valence-corrected chi connectivity index (χ1v) is 9.56. The van der Waals surface area contributed by atoms with E-state index >= 15 is 0 Å². The lowest BCUT2D eigenvalue weighted by Gasteiger charge is -2.62. The lowest BCUT2D eigenvalue weighted by Crippen LogP contribution is -2.63. The number of ether oxygens (including phenoxy) is 2. The highest BCUT2D eigenvalue weighted by atomic mass is 16.5. The Balaban J connectivity index is 1.71. The van der Waals surface area contributed by atoms with Gasteiger partial charge < -0.3 is 9.47 Å². The maximum Gasteiger partial charge on any atom is 0.162 e. The minimum atomic E-state index is -0.0175. The second-order valence-electron chi connectivity index (χ2n) is 8.53. The summed E-state index contributed by atoms with van der Waals surface area (Å²) in [6, 6.07) is 6.19. The van der Waals surface area contributed by atoms with Crippen molar-refractivity contribution < 1.29 is 9.47 Å². The van der Waals surface area contributed by atoms with E-state index in [1.54, 1.807) is 7.11 Å². The van der Waals surface area contributed by atoms with Crippen molar-refractivity contribution in [2.45, 2.75) is 51.6 Å². The van der Waals surface area contributed by atoms with Crippen LogP contribution >= 0.6 is 0 Å². The minimum absolute atomic E-state index is 0.0175. The van der Waals surface area contributed by atoms with E-state index in [1.165, 1.54) is 32.1 Å². The monoisotopic (exact) mass is 326 g/mol. The van der Waals surface area contributed by atoms with E-state index < -0.39 is 0 Å². The lowest BCUT2D eigenvalue weighted by atomic mass is 9.47.